The van der Waals surface area contributed by atoms with Crippen LogP contribution in [0, 0.1) is 0 Å². The van der Waals surface area contributed by atoms with Gasteiger partial charge in [0.1, 0.15) is 0 Å². The van der Waals surface area contributed by atoms with Gasteiger partial charge in [-0.2, -0.15) is 0 Å². The highest BCUT2D eigenvalue weighted by Gasteiger charge is 2.27. The largest absolute Gasteiger partial charge is 0.344 e. The first-order valence-electron chi connectivity index (χ1n) is 7.41. The van der Waals surface area contributed by atoms with Crippen LogP contribution in [0.5, 0.6) is 0 Å². The van der Waals surface area contributed by atoms with E-state index in [2.05, 4.69) is 14.6 Å². The maximum Gasteiger partial charge on any atom is 0.215 e. The molecule has 1 saturated heterocycles. The molecule has 5 nitrogen and oxygen atoms in total. The summed E-state index contributed by atoms with van der Waals surface area (Å²) in [5.41, 5.74) is 0.688. The molecule has 124 valence electrons. The molecule has 0 spiro atoms. The van der Waals surface area contributed by atoms with Gasteiger partial charge < -0.3 is 4.90 Å². The fraction of sp³-hybridized carbons (Fsp3) is 0.400. The lowest BCUT2D eigenvalue weighted by Gasteiger charge is -2.24. The Balaban J connectivity index is 1.60. The van der Waals surface area contributed by atoms with Crippen LogP contribution in [0.15, 0.2) is 35.8 Å². The van der Waals surface area contributed by atoms with Crippen molar-refractivity contribution in [2.24, 2.45) is 0 Å². The number of nitrogens with zero attached hydrogens (tertiary/aromatic N) is 2. The molecule has 1 fully saturated rings. The molecular weight excluding hydrogens is 354 g/mol. The van der Waals surface area contributed by atoms with Crippen molar-refractivity contribution in [3.8, 4) is 0 Å². The smallest absolute Gasteiger partial charge is 0.215 e. The fourth-order valence-corrected chi connectivity index (χ4v) is 4.90. The number of thiazole rings is 1. The molecule has 1 aromatic heterocycles. The van der Waals surface area contributed by atoms with Crippen LogP contribution in [0.4, 0.5) is 5.13 Å². The Morgan fingerprint density at radius 2 is 2.30 bits per heavy atom. The number of halogens is 1. The van der Waals surface area contributed by atoms with Crippen LogP contribution in [0.2, 0.25) is 5.02 Å². The average molecular weight is 372 g/mol. The van der Waals surface area contributed by atoms with E-state index in [1.807, 2.05) is 5.38 Å². The van der Waals surface area contributed by atoms with Crippen LogP contribution in [0.25, 0.3) is 0 Å². The van der Waals surface area contributed by atoms with Gasteiger partial charge in [-0.3, -0.25) is 0 Å². The van der Waals surface area contributed by atoms with E-state index in [9.17, 15) is 8.42 Å². The van der Waals surface area contributed by atoms with E-state index >= 15 is 0 Å². The van der Waals surface area contributed by atoms with Crippen LogP contribution in [-0.4, -0.2) is 32.5 Å². The summed E-state index contributed by atoms with van der Waals surface area (Å²) >= 11 is 7.49. The lowest BCUT2D eigenvalue weighted by molar-refractivity contribution is 0.566. The SMILES string of the molecule is O=S(=O)(Cc1cccc(Cl)c1)NCC1CCCN1c1nccs1. The molecule has 0 aliphatic carbocycles. The Labute approximate surface area is 145 Å². The van der Waals surface area contributed by atoms with Crippen molar-refractivity contribution < 1.29 is 8.42 Å². The van der Waals surface area contributed by atoms with Gasteiger partial charge in [0.15, 0.2) is 5.13 Å². The Morgan fingerprint density at radius 1 is 1.43 bits per heavy atom. The number of hydrogen-bond donors (Lipinski definition) is 1. The standard InChI is InChI=1S/C15H18ClN3O2S2/c16-13-4-1-3-12(9-13)11-23(20,21)18-10-14-5-2-7-19(14)15-17-6-8-22-15/h1,3-4,6,8-9,14,18H,2,5,7,10-11H2. The Kier molecular flexibility index (Phi) is 5.21. The van der Waals surface area contributed by atoms with Crippen LogP contribution in [0.3, 0.4) is 0 Å². The van der Waals surface area contributed by atoms with Gasteiger partial charge >= 0.3 is 0 Å². The zero-order valence-electron chi connectivity index (χ0n) is 12.5. The first-order valence-corrected chi connectivity index (χ1v) is 10.3. The number of hydrogen-bond acceptors (Lipinski definition) is 5. The summed E-state index contributed by atoms with van der Waals surface area (Å²) in [5.74, 6) is -0.0580. The zero-order chi connectivity index (χ0) is 16.3. The van der Waals surface area contributed by atoms with Gasteiger partial charge in [0.2, 0.25) is 10.0 Å². The number of aromatic nitrogens is 1. The fourth-order valence-electron chi connectivity index (χ4n) is 2.78. The van der Waals surface area contributed by atoms with E-state index in [1.165, 1.54) is 0 Å². The lowest BCUT2D eigenvalue weighted by Crippen LogP contribution is -2.40. The molecule has 0 saturated carbocycles. The molecule has 8 heteroatoms. The monoisotopic (exact) mass is 371 g/mol. The first-order chi connectivity index (χ1) is 11.0. The molecule has 0 amide bonds. The molecule has 0 bridgehead atoms. The second kappa shape index (κ2) is 7.17. The molecule has 2 aromatic rings. The summed E-state index contributed by atoms with van der Waals surface area (Å²) in [6.45, 7) is 1.33. The van der Waals surface area contributed by atoms with Crippen molar-refractivity contribution in [2.75, 3.05) is 18.0 Å². The Morgan fingerprint density at radius 3 is 3.04 bits per heavy atom. The summed E-state index contributed by atoms with van der Waals surface area (Å²) in [6, 6.07) is 7.10. The zero-order valence-corrected chi connectivity index (χ0v) is 14.9. The van der Waals surface area contributed by atoms with Gasteiger partial charge in [-0.05, 0) is 30.5 Å². The minimum absolute atomic E-state index is 0.0580. The lowest BCUT2D eigenvalue weighted by atomic mass is 10.2. The highest BCUT2D eigenvalue weighted by atomic mass is 35.5. The average Bonchev–Trinajstić information content (AvgIpc) is 3.16. The number of sulfonamides is 1. The maximum atomic E-state index is 12.3. The van der Waals surface area contributed by atoms with Gasteiger partial charge in [-0.1, -0.05) is 23.7 Å². The van der Waals surface area contributed by atoms with E-state index in [4.69, 9.17) is 11.6 Å². The minimum Gasteiger partial charge on any atom is -0.344 e. The third-order valence-electron chi connectivity index (χ3n) is 3.83. The van der Waals surface area contributed by atoms with Gasteiger partial charge in [-0.25, -0.2) is 18.1 Å². The van der Waals surface area contributed by atoms with Crippen LogP contribution < -0.4 is 9.62 Å². The third-order valence-corrected chi connectivity index (χ3v) is 6.19. The molecule has 1 aromatic carbocycles. The number of rotatable bonds is 6. The van der Waals surface area contributed by atoms with Crippen LogP contribution in [-0.2, 0) is 15.8 Å². The molecule has 1 N–H and O–H groups in total. The molecule has 1 unspecified atom stereocenters. The maximum absolute atomic E-state index is 12.3. The predicted molar refractivity (Wildman–Crippen MR) is 94.6 cm³/mol. The molecule has 0 radical (unpaired) electrons. The van der Waals surface area contributed by atoms with Crippen molar-refractivity contribution >= 4 is 38.1 Å². The molecule has 1 aliphatic rings. The van der Waals surface area contributed by atoms with E-state index < -0.39 is 10.0 Å². The molecule has 2 heterocycles. The minimum atomic E-state index is -3.38. The molecule has 1 aliphatic heterocycles. The van der Waals surface area contributed by atoms with Crippen molar-refractivity contribution in [3.63, 3.8) is 0 Å². The molecule has 3 rings (SSSR count). The number of nitrogens with one attached hydrogen (secondary N) is 1. The van der Waals surface area contributed by atoms with Crippen molar-refractivity contribution in [3.05, 3.63) is 46.4 Å². The van der Waals surface area contributed by atoms with E-state index in [-0.39, 0.29) is 11.8 Å². The van der Waals surface area contributed by atoms with Crippen molar-refractivity contribution in [1.29, 1.82) is 0 Å². The normalized spacial score (nSPS) is 18.5. The van der Waals surface area contributed by atoms with Crippen molar-refractivity contribution in [2.45, 2.75) is 24.6 Å². The van der Waals surface area contributed by atoms with E-state index in [0.717, 1.165) is 24.5 Å². The van der Waals surface area contributed by atoms with E-state index in [0.29, 0.717) is 17.1 Å². The number of anilines is 1. The Bertz CT molecular complexity index is 750. The summed E-state index contributed by atoms with van der Waals surface area (Å²) < 4.78 is 27.3. The van der Waals surface area contributed by atoms with Crippen molar-refractivity contribution in [1.82, 2.24) is 9.71 Å². The van der Waals surface area contributed by atoms with Gasteiger partial charge in [0.05, 0.1) is 5.75 Å². The van der Waals surface area contributed by atoms with E-state index in [1.54, 1.807) is 41.8 Å². The molecular formula is C15H18ClN3O2S2. The first kappa shape index (κ1) is 16.7. The predicted octanol–water partition coefficient (Wildman–Crippen LogP) is 2.88. The molecule has 1 atom stereocenters. The third kappa shape index (κ3) is 4.44. The van der Waals surface area contributed by atoms with Gasteiger partial charge in [0.25, 0.3) is 0 Å². The molecule has 23 heavy (non-hydrogen) atoms. The number of benzene rings is 1. The van der Waals surface area contributed by atoms with Gasteiger partial charge in [-0.15, -0.1) is 11.3 Å². The van der Waals surface area contributed by atoms with Gasteiger partial charge in [0, 0.05) is 35.7 Å². The topological polar surface area (TPSA) is 62.3 Å². The second-order valence-corrected chi connectivity index (χ2v) is 8.66. The Hall–Kier alpha value is -1.15. The summed E-state index contributed by atoms with van der Waals surface area (Å²) in [5, 5.41) is 3.44. The van der Waals surface area contributed by atoms with Crippen LogP contribution in [0.1, 0.15) is 18.4 Å². The second-order valence-electron chi connectivity index (χ2n) is 5.54. The quantitative estimate of drug-likeness (QED) is 0.848. The highest BCUT2D eigenvalue weighted by Crippen LogP contribution is 2.26. The summed E-state index contributed by atoms with van der Waals surface area (Å²) in [4.78, 5) is 6.51. The summed E-state index contributed by atoms with van der Waals surface area (Å²) in [7, 11) is -3.38. The van der Waals surface area contributed by atoms with Crippen LogP contribution >= 0.6 is 22.9 Å². The summed E-state index contributed by atoms with van der Waals surface area (Å²) in [6.07, 6.45) is 3.80. The highest BCUT2D eigenvalue weighted by molar-refractivity contribution is 7.88.